The number of carbonyl (C=O) groups excluding carboxylic acids is 1. The van der Waals surface area contributed by atoms with Crippen molar-refractivity contribution in [3.8, 4) is 0 Å². The highest BCUT2D eigenvalue weighted by atomic mass is 19.1. The molecule has 0 radical (unpaired) electrons. The predicted molar refractivity (Wildman–Crippen MR) is 65.9 cm³/mol. The number of carbonyl (C=O) groups is 1. The molecular weight excluding hydrogens is 219 g/mol. The average Bonchev–Trinajstić information content (AvgIpc) is 2.34. The zero-order valence-electron chi connectivity index (χ0n) is 9.87. The van der Waals surface area contributed by atoms with Crippen LogP contribution >= 0.6 is 0 Å². The van der Waals surface area contributed by atoms with E-state index in [1.54, 1.807) is 25.1 Å². The Labute approximate surface area is 101 Å². The molecule has 1 aromatic carbocycles. The summed E-state index contributed by atoms with van der Waals surface area (Å²) < 4.78 is 12.7. The SMILES string of the molecule is C=CCNC(=O)C(C)NCc1ccc(F)cc1. The minimum atomic E-state index is -0.292. The van der Waals surface area contributed by atoms with Crippen molar-refractivity contribution in [1.29, 1.82) is 0 Å². The second-order valence-corrected chi connectivity index (χ2v) is 3.76. The van der Waals surface area contributed by atoms with Crippen LogP contribution in [0.4, 0.5) is 4.39 Å². The number of halogens is 1. The average molecular weight is 236 g/mol. The van der Waals surface area contributed by atoms with E-state index in [0.29, 0.717) is 13.1 Å². The molecular formula is C13H17FN2O. The van der Waals surface area contributed by atoms with Crippen molar-refractivity contribution in [1.82, 2.24) is 10.6 Å². The molecule has 1 rings (SSSR count). The van der Waals surface area contributed by atoms with Gasteiger partial charge in [-0.25, -0.2) is 4.39 Å². The van der Waals surface area contributed by atoms with Crippen molar-refractivity contribution in [2.75, 3.05) is 6.54 Å². The molecule has 0 aliphatic carbocycles. The fraction of sp³-hybridized carbons (Fsp3) is 0.308. The summed E-state index contributed by atoms with van der Waals surface area (Å²) >= 11 is 0. The molecule has 0 bridgehead atoms. The van der Waals surface area contributed by atoms with Crippen LogP contribution in [0.25, 0.3) is 0 Å². The fourth-order valence-corrected chi connectivity index (χ4v) is 1.29. The largest absolute Gasteiger partial charge is 0.351 e. The maximum absolute atomic E-state index is 12.7. The number of hydrogen-bond acceptors (Lipinski definition) is 2. The molecule has 3 nitrogen and oxygen atoms in total. The van der Waals surface area contributed by atoms with E-state index in [0.717, 1.165) is 5.56 Å². The van der Waals surface area contributed by atoms with Crippen LogP contribution in [-0.2, 0) is 11.3 Å². The summed E-state index contributed by atoms with van der Waals surface area (Å²) in [6.45, 7) is 6.29. The molecule has 17 heavy (non-hydrogen) atoms. The van der Waals surface area contributed by atoms with Gasteiger partial charge in [0.05, 0.1) is 6.04 Å². The summed E-state index contributed by atoms with van der Waals surface area (Å²) in [6.07, 6.45) is 1.63. The molecule has 0 saturated carbocycles. The number of benzene rings is 1. The monoisotopic (exact) mass is 236 g/mol. The lowest BCUT2D eigenvalue weighted by atomic mass is 10.2. The van der Waals surface area contributed by atoms with E-state index in [1.165, 1.54) is 12.1 Å². The minimum Gasteiger partial charge on any atom is -0.351 e. The van der Waals surface area contributed by atoms with Gasteiger partial charge in [-0.05, 0) is 24.6 Å². The highest BCUT2D eigenvalue weighted by molar-refractivity contribution is 5.81. The van der Waals surface area contributed by atoms with Gasteiger partial charge >= 0.3 is 0 Å². The van der Waals surface area contributed by atoms with Gasteiger partial charge in [0.15, 0.2) is 0 Å². The normalized spacial score (nSPS) is 11.9. The van der Waals surface area contributed by atoms with Crippen LogP contribution in [0.1, 0.15) is 12.5 Å². The van der Waals surface area contributed by atoms with Gasteiger partial charge < -0.3 is 10.6 Å². The molecule has 0 saturated heterocycles. The van der Waals surface area contributed by atoms with Crippen molar-refractivity contribution in [3.05, 3.63) is 48.3 Å². The molecule has 1 aromatic rings. The van der Waals surface area contributed by atoms with Crippen molar-refractivity contribution in [2.45, 2.75) is 19.5 Å². The smallest absolute Gasteiger partial charge is 0.237 e. The molecule has 1 amide bonds. The lowest BCUT2D eigenvalue weighted by Crippen LogP contribution is -2.41. The van der Waals surface area contributed by atoms with Crippen LogP contribution in [0.15, 0.2) is 36.9 Å². The Morgan fingerprint density at radius 3 is 2.71 bits per heavy atom. The second-order valence-electron chi connectivity index (χ2n) is 3.76. The Bertz CT molecular complexity index is 376. The molecule has 92 valence electrons. The third-order valence-electron chi connectivity index (χ3n) is 2.34. The quantitative estimate of drug-likeness (QED) is 0.737. The Morgan fingerprint density at radius 2 is 2.12 bits per heavy atom. The van der Waals surface area contributed by atoms with Gasteiger partial charge in [-0.15, -0.1) is 6.58 Å². The van der Waals surface area contributed by atoms with E-state index in [-0.39, 0.29) is 17.8 Å². The van der Waals surface area contributed by atoms with Gasteiger partial charge in [-0.1, -0.05) is 18.2 Å². The van der Waals surface area contributed by atoms with Crippen LogP contribution in [0.3, 0.4) is 0 Å². The Morgan fingerprint density at radius 1 is 1.47 bits per heavy atom. The number of nitrogens with one attached hydrogen (secondary N) is 2. The molecule has 1 atom stereocenters. The molecule has 1 unspecified atom stereocenters. The Balaban J connectivity index is 2.37. The summed E-state index contributed by atoms with van der Waals surface area (Å²) in [5.74, 6) is -0.336. The van der Waals surface area contributed by atoms with Crippen LogP contribution in [0.5, 0.6) is 0 Å². The predicted octanol–water partition coefficient (Wildman–Crippen LogP) is 1.61. The standard InChI is InChI=1S/C13H17FN2O/c1-3-8-15-13(17)10(2)16-9-11-4-6-12(14)7-5-11/h3-7,10,16H,1,8-9H2,2H3,(H,15,17). The highest BCUT2D eigenvalue weighted by Crippen LogP contribution is 2.02. The third kappa shape index (κ3) is 4.78. The first-order valence-corrected chi connectivity index (χ1v) is 5.50. The lowest BCUT2D eigenvalue weighted by Gasteiger charge is -2.13. The van der Waals surface area contributed by atoms with Crippen LogP contribution in [-0.4, -0.2) is 18.5 Å². The summed E-state index contributed by atoms with van der Waals surface area (Å²) in [6, 6.07) is 5.90. The van der Waals surface area contributed by atoms with Crippen molar-refractivity contribution in [3.63, 3.8) is 0 Å². The maximum Gasteiger partial charge on any atom is 0.237 e. The Kier molecular flexibility index (Phi) is 5.36. The van der Waals surface area contributed by atoms with Gasteiger partial charge in [-0.3, -0.25) is 4.79 Å². The molecule has 0 fully saturated rings. The van der Waals surface area contributed by atoms with Gasteiger partial charge in [0.1, 0.15) is 5.82 Å². The number of amides is 1. The van der Waals surface area contributed by atoms with Gasteiger partial charge in [0.2, 0.25) is 5.91 Å². The molecule has 0 aromatic heterocycles. The molecule has 4 heteroatoms. The lowest BCUT2D eigenvalue weighted by molar-refractivity contribution is -0.122. The minimum absolute atomic E-state index is 0.0768. The first-order chi connectivity index (χ1) is 8.13. The zero-order valence-corrected chi connectivity index (χ0v) is 9.87. The highest BCUT2D eigenvalue weighted by Gasteiger charge is 2.10. The van der Waals surface area contributed by atoms with E-state index in [4.69, 9.17) is 0 Å². The molecule has 0 aliphatic rings. The van der Waals surface area contributed by atoms with Crippen LogP contribution in [0.2, 0.25) is 0 Å². The van der Waals surface area contributed by atoms with Crippen LogP contribution in [0, 0.1) is 5.82 Å². The topological polar surface area (TPSA) is 41.1 Å². The van der Waals surface area contributed by atoms with E-state index < -0.39 is 0 Å². The Hall–Kier alpha value is -1.68. The third-order valence-corrected chi connectivity index (χ3v) is 2.34. The van der Waals surface area contributed by atoms with E-state index >= 15 is 0 Å². The zero-order chi connectivity index (χ0) is 12.7. The first kappa shape index (κ1) is 13.4. The molecule has 0 spiro atoms. The van der Waals surface area contributed by atoms with Crippen molar-refractivity contribution >= 4 is 5.91 Å². The molecule has 0 aliphatic heterocycles. The second kappa shape index (κ2) is 6.81. The van der Waals surface area contributed by atoms with Gasteiger partial charge in [0.25, 0.3) is 0 Å². The summed E-state index contributed by atoms with van der Waals surface area (Å²) in [7, 11) is 0. The number of hydrogen-bond donors (Lipinski definition) is 2. The molecule has 2 N–H and O–H groups in total. The maximum atomic E-state index is 12.7. The van der Waals surface area contributed by atoms with Crippen molar-refractivity contribution in [2.24, 2.45) is 0 Å². The van der Waals surface area contributed by atoms with Crippen molar-refractivity contribution < 1.29 is 9.18 Å². The van der Waals surface area contributed by atoms with E-state index in [1.807, 2.05) is 0 Å². The summed E-state index contributed by atoms with van der Waals surface area (Å²) in [5.41, 5.74) is 0.940. The molecule has 0 heterocycles. The van der Waals surface area contributed by atoms with E-state index in [2.05, 4.69) is 17.2 Å². The van der Waals surface area contributed by atoms with Gasteiger partial charge in [-0.2, -0.15) is 0 Å². The summed E-state index contributed by atoms with van der Waals surface area (Å²) in [4.78, 5) is 11.5. The van der Waals surface area contributed by atoms with Crippen LogP contribution < -0.4 is 10.6 Å². The first-order valence-electron chi connectivity index (χ1n) is 5.50. The van der Waals surface area contributed by atoms with E-state index in [9.17, 15) is 9.18 Å². The number of rotatable bonds is 6. The summed E-state index contributed by atoms with van der Waals surface area (Å²) in [5, 5.41) is 5.76. The fourth-order valence-electron chi connectivity index (χ4n) is 1.29. The van der Waals surface area contributed by atoms with Gasteiger partial charge in [0, 0.05) is 13.1 Å².